The van der Waals surface area contributed by atoms with E-state index in [2.05, 4.69) is 0 Å². The van der Waals surface area contributed by atoms with E-state index in [9.17, 15) is 9.59 Å². The Kier molecular flexibility index (Phi) is 4.03. The van der Waals surface area contributed by atoms with Gasteiger partial charge in [-0.1, -0.05) is 44.2 Å². The minimum absolute atomic E-state index is 0.0805. The van der Waals surface area contributed by atoms with Crippen molar-refractivity contribution >= 4 is 11.8 Å². The molecule has 1 fully saturated rings. The number of carbonyl (C=O) groups excluding carboxylic acids is 2. The van der Waals surface area contributed by atoms with E-state index in [0.29, 0.717) is 6.42 Å². The van der Waals surface area contributed by atoms with Gasteiger partial charge in [0.05, 0.1) is 6.42 Å². The van der Waals surface area contributed by atoms with Crippen LogP contribution in [0.2, 0.25) is 0 Å². The Balaban J connectivity index is 1.86. The van der Waals surface area contributed by atoms with Crippen molar-refractivity contribution in [3.63, 3.8) is 0 Å². The molecule has 2 rings (SSSR count). The zero-order valence-electron chi connectivity index (χ0n) is 11.5. The van der Waals surface area contributed by atoms with Gasteiger partial charge in [0.1, 0.15) is 12.4 Å². The van der Waals surface area contributed by atoms with Crippen LogP contribution in [0.1, 0.15) is 38.7 Å². The van der Waals surface area contributed by atoms with Crippen molar-refractivity contribution in [1.29, 1.82) is 0 Å². The van der Waals surface area contributed by atoms with Crippen LogP contribution in [0.4, 0.5) is 0 Å². The topological polar surface area (TPSA) is 43.4 Å². The Morgan fingerprint density at radius 1 is 1.32 bits per heavy atom. The molecule has 19 heavy (non-hydrogen) atoms. The van der Waals surface area contributed by atoms with Gasteiger partial charge in [-0.25, -0.2) is 0 Å². The summed E-state index contributed by atoms with van der Waals surface area (Å²) in [4.78, 5) is 23.6. The van der Waals surface area contributed by atoms with Crippen LogP contribution >= 0.6 is 0 Å². The lowest BCUT2D eigenvalue weighted by Gasteiger charge is -2.24. The molecule has 0 bridgehead atoms. The average molecular weight is 260 g/mol. The monoisotopic (exact) mass is 260 g/mol. The molecule has 1 aromatic rings. The summed E-state index contributed by atoms with van der Waals surface area (Å²) in [5.74, 6) is -0.269. The molecule has 1 aliphatic carbocycles. The third-order valence-electron chi connectivity index (χ3n) is 3.96. The van der Waals surface area contributed by atoms with Crippen LogP contribution in [0.25, 0.3) is 0 Å². The largest absolute Gasteiger partial charge is 0.461 e. The Hall–Kier alpha value is -1.64. The minimum atomic E-state index is -0.280. The molecule has 1 aromatic carbocycles. The van der Waals surface area contributed by atoms with Crippen molar-refractivity contribution in [3.8, 4) is 0 Å². The summed E-state index contributed by atoms with van der Waals surface area (Å²) >= 11 is 0. The summed E-state index contributed by atoms with van der Waals surface area (Å²) in [5, 5.41) is 0. The normalized spacial score (nSPS) is 21.4. The number of Topliss-reactive ketones (excluding diaryl/α,β-unsaturated/α-hetero) is 1. The Bertz CT molecular complexity index is 462. The zero-order chi connectivity index (χ0) is 13.9. The maximum absolute atomic E-state index is 11.8. The van der Waals surface area contributed by atoms with Crippen LogP contribution in [-0.2, 0) is 20.9 Å². The SMILES string of the molecule is CC1(C)CCC(=O)C1CC(=O)OCc1ccccc1. The van der Waals surface area contributed by atoms with E-state index < -0.39 is 0 Å². The van der Waals surface area contributed by atoms with Crippen LogP contribution in [0.3, 0.4) is 0 Å². The Labute approximate surface area is 114 Å². The second-order valence-electron chi connectivity index (χ2n) is 5.86. The first kappa shape index (κ1) is 13.8. The van der Waals surface area contributed by atoms with E-state index in [0.717, 1.165) is 12.0 Å². The number of ketones is 1. The first-order valence-electron chi connectivity index (χ1n) is 6.71. The third kappa shape index (κ3) is 3.43. The zero-order valence-corrected chi connectivity index (χ0v) is 11.5. The summed E-state index contributed by atoms with van der Waals surface area (Å²) < 4.78 is 5.24. The lowest BCUT2D eigenvalue weighted by atomic mass is 9.80. The van der Waals surface area contributed by atoms with Gasteiger partial charge in [-0.3, -0.25) is 9.59 Å². The fourth-order valence-corrected chi connectivity index (χ4v) is 2.58. The van der Waals surface area contributed by atoms with Crippen molar-refractivity contribution in [2.45, 2.75) is 39.7 Å². The molecule has 0 heterocycles. The van der Waals surface area contributed by atoms with E-state index in [1.165, 1.54) is 0 Å². The van der Waals surface area contributed by atoms with Gasteiger partial charge in [-0.2, -0.15) is 0 Å². The fraction of sp³-hybridized carbons (Fsp3) is 0.500. The first-order valence-corrected chi connectivity index (χ1v) is 6.71. The summed E-state index contributed by atoms with van der Waals surface area (Å²) in [6.45, 7) is 4.38. The van der Waals surface area contributed by atoms with Gasteiger partial charge < -0.3 is 4.74 Å². The second-order valence-corrected chi connectivity index (χ2v) is 5.86. The molecular weight excluding hydrogens is 240 g/mol. The van der Waals surface area contributed by atoms with Gasteiger partial charge >= 0.3 is 5.97 Å². The predicted molar refractivity (Wildman–Crippen MR) is 72.4 cm³/mol. The molecule has 1 atom stereocenters. The van der Waals surface area contributed by atoms with Crippen molar-refractivity contribution in [2.24, 2.45) is 11.3 Å². The van der Waals surface area contributed by atoms with Crippen molar-refractivity contribution < 1.29 is 14.3 Å². The standard InChI is InChI=1S/C16H20O3/c1-16(2)9-8-14(17)13(16)10-15(18)19-11-12-6-4-3-5-7-12/h3-7,13H,8-11H2,1-2H3. The van der Waals surface area contributed by atoms with Crippen LogP contribution in [-0.4, -0.2) is 11.8 Å². The summed E-state index contributed by atoms with van der Waals surface area (Å²) in [5.41, 5.74) is 0.885. The number of carbonyl (C=O) groups is 2. The molecule has 0 N–H and O–H groups in total. The predicted octanol–water partition coefficient (Wildman–Crippen LogP) is 3.13. The van der Waals surface area contributed by atoms with Crippen molar-refractivity contribution in [1.82, 2.24) is 0 Å². The highest BCUT2D eigenvalue weighted by Crippen LogP contribution is 2.42. The van der Waals surface area contributed by atoms with Gasteiger partial charge in [-0.15, -0.1) is 0 Å². The number of hydrogen-bond donors (Lipinski definition) is 0. The number of hydrogen-bond acceptors (Lipinski definition) is 3. The van der Waals surface area contributed by atoms with Crippen LogP contribution < -0.4 is 0 Å². The van der Waals surface area contributed by atoms with E-state index >= 15 is 0 Å². The molecule has 1 saturated carbocycles. The summed E-state index contributed by atoms with van der Waals surface area (Å²) in [6, 6.07) is 9.57. The third-order valence-corrected chi connectivity index (χ3v) is 3.96. The van der Waals surface area contributed by atoms with Gasteiger partial charge in [0.25, 0.3) is 0 Å². The van der Waals surface area contributed by atoms with E-state index in [4.69, 9.17) is 4.74 Å². The quantitative estimate of drug-likeness (QED) is 0.781. The van der Waals surface area contributed by atoms with E-state index in [-0.39, 0.29) is 36.1 Å². The molecule has 0 aromatic heterocycles. The maximum atomic E-state index is 11.8. The lowest BCUT2D eigenvalue weighted by Crippen LogP contribution is -2.26. The molecule has 1 aliphatic rings. The molecule has 0 aliphatic heterocycles. The van der Waals surface area contributed by atoms with E-state index in [1.54, 1.807) is 0 Å². The minimum Gasteiger partial charge on any atom is -0.461 e. The van der Waals surface area contributed by atoms with Crippen LogP contribution in [0, 0.1) is 11.3 Å². The molecule has 0 amide bonds. The number of ether oxygens (including phenoxy) is 1. The van der Waals surface area contributed by atoms with Gasteiger partial charge in [-0.05, 0) is 17.4 Å². The van der Waals surface area contributed by atoms with Crippen molar-refractivity contribution in [3.05, 3.63) is 35.9 Å². The highest BCUT2D eigenvalue weighted by Gasteiger charge is 2.42. The molecule has 1 unspecified atom stereocenters. The average Bonchev–Trinajstić information content (AvgIpc) is 2.65. The molecule has 3 nitrogen and oxygen atoms in total. The Morgan fingerprint density at radius 3 is 2.58 bits per heavy atom. The highest BCUT2D eigenvalue weighted by atomic mass is 16.5. The summed E-state index contributed by atoms with van der Waals surface area (Å²) in [6.07, 6.45) is 1.66. The second kappa shape index (κ2) is 5.55. The molecule has 0 spiro atoms. The first-order chi connectivity index (χ1) is 8.99. The molecule has 0 saturated heterocycles. The van der Waals surface area contributed by atoms with Gasteiger partial charge in [0.15, 0.2) is 0 Å². The Morgan fingerprint density at radius 2 is 2.00 bits per heavy atom. The molecule has 3 heteroatoms. The molecule has 0 radical (unpaired) electrons. The number of rotatable bonds is 4. The maximum Gasteiger partial charge on any atom is 0.306 e. The molecule has 102 valence electrons. The molecular formula is C16H20O3. The number of benzene rings is 1. The van der Waals surface area contributed by atoms with E-state index in [1.807, 2.05) is 44.2 Å². The van der Waals surface area contributed by atoms with Crippen LogP contribution in [0.15, 0.2) is 30.3 Å². The highest BCUT2D eigenvalue weighted by molar-refractivity contribution is 5.88. The fourth-order valence-electron chi connectivity index (χ4n) is 2.58. The van der Waals surface area contributed by atoms with Gasteiger partial charge in [0, 0.05) is 12.3 Å². The lowest BCUT2D eigenvalue weighted by molar-refractivity contribution is -0.148. The van der Waals surface area contributed by atoms with Crippen LogP contribution in [0.5, 0.6) is 0 Å². The number of esters is 1. The summed E-state index contributed by atoms with van der Waals surface area (Å²) in [7, 11) is 0. The smallest absolute Gasteiger partial charge is 0.306 e. The van der Waals surface area contributed by atoms with Gasteiger partial charge in [0.2, 0.25) is 0 Å². The van der Waals surface area contributed by atoms with Crippen molar-refractivity contribution in [2.75, 3.05) is 0 Å².